The molecular weight excluding hydrogens is 330 g/mol. The third-order valence-electron chi connectivity index (χ3n) is 3.17. The first-order chi connectivity index (χ1) is 11.6. The van der Waals surface area contributed by atoms with Crippen molar-refractivity contribution in [3.8, 4) is 5.75 Å². The molecule has 6 nitrogen and oxygen atoms in total. The van der Waals surface area contributed by atoms with Gasteiger partial charge in [-0.1, -0.05) is 23.7 Å². The minimum absolute atomic E-state index is 0.217. The number of anilines is 1. The van der Waals surface area contributed by atoms with Gasteiger partial charge in [0.05, 0.1) is 17.8 Å². The first kappa shape index (κ1) is 17.6. The van der Waals surface area contributed by atoms with Crippen LogP contribution in [0.3, 0.4) is 0 Å². The highest BCUT2D eigenvalue weighted by Gasteiger charge is 2.06. The molecule has 0 bridgehead atoms. The lowest BCUT2D eigenvalue weighted by Crippen LogP contribution is -2.36. The molecule has 3 amide bonds. The Kier molecular flexibility index (Phi) is 6.45. The van der Waals surface area contributed by atoms with E-state index < -0.39 is 0 Å². The van der Waals surface area contributed by atoms with Crippen molar-refractivity contribution in [1.29, 1.82) is 0 Å². The summed E-state index contributed by atoms with van der Waals surface area (Å²) in [5, 5.41) is 8.45. The maximum atomic E-state index is 11.9. The number of amides is 3. The lowest BCUT2D eigenvalue weighted by Gasteiger charge is -2.10. The first-order valence-corrected chi connectivity index (χ1v) is 7.69. The summed E-state index contributed by atoms with van der Waals surface area (Å²) in [7, 11) is 1.56. The van der Waals surface area contributed by atoms with Crippen molar-refractivity contribution in [1.82, 2.24) is 10.6 Å². The predicted molar refractivity (Wildman–Crippen MR) is 93.8 cm³/mol. The molecule has 0 spiro atoms. The molecule has 2 rings (SSSR count). The Morgan fingerprint density at radius 2 is 1.67 bits per heavy atom. The fraction of sp³-hybridized carbons (Fsp3) is 0.176. The Morgan fingerprint density at radius 3 is 2.33 bits per heavy atom. The number of hydrogen-bond acceptors (Lipinski definition) is 3. The predicted octanol–water partition coefficient (Wildman–Crippen LogP) is 2.90. The molecule has 0 heterocycles. The average molecular weight is 348 g/mol. The molecule has 2 aromatic rings. The van der Waals surface area contributed by atoms with E-state index in [1.807, 2.05) is 0 Å². The average Bonchev–Trinajstić information content (AvgIpc) is 2.60. The van der Waals surface area contributed by atoms with Crippen LogP contribution in [0.5, 0.6) is 5.75 Å². The zero-order valence-electron chi connectivity index (χ0n) is 13.1. The normalized spacial score (nSPS) is 9.92. The lowest BCUT2D eigenvalue weighted by molar-refractivity contribution is 0.0954. The van der Waals surface area contributed by atoms with E-state index in [1.165, 1.54) is 0 Å². The van der Waals surface area contributed by atoms with Gasteiger partial charge >= 0.3 is 6.03 Å². The molecule has 7 heteroatoms. The van der Waals surface area contributed by atoms with Crippen LogP contribution >= 0.6 is 11.6 Å². The number of benzene rings is 2. The van der Waals surface area contributed by atoms with Crippen LogP contribution in [0, 0.1) is 0 Å². The number of rotatable bonds is 6. The van der Waals surface area contributed by atoms with Crippen LogP contribution in [-0.4, -0.2) is 32.1 Å². The molecule has 0 atom stereocenters. The van der Waals surface area contributed by atoms with Crippen molar-refractivity contribution in [3.05, 3.63) is 59.1 Å². The minimum atomic E-state index is -0.387. The Morgan fingerprint density at radius 1 is 1.00 bits per heavy atom. The quantitative estimate of drug-likeness (QED) is 0.703. The summed E-state index contributed by atoms with van der Waals surface area (Å²) >= 11 is 5.95. The number of halogens is 1. The Labute approximate surface area is 145 Å². The SMILES string of the molecule is COc1ccc(C(=O)NCCNC(=O)Nc2ccccc2Cl)cc1. The van der Waals surface area contributed by atoms with Crippen LogP contribution < -0.4 is 20.7 Å². The molecule has 0 saturated heterocycles. The summed E-state index contributed by atoms with van der Waals surface area (Å²) in [5.74, 6) is 0.468. The molecule has 3 N–H and O–H groups in total. The topological polar surface area (TPSA) is 79.5 Å². The molecule has 2 aromatic carbocycles. The Hall–Kier alpha value is -2.73. The van der Waals surface area contributed by atoms with Crippen molar-refractivity contribution < 1.29 is 14.3 Å². The molecule has 0 aliphatic carbocycles. The molecule has 24 heavy (non-hydrogen) atoms. The second-order valence-electron chi connectivity index (χ2n) is 4.85. The van der Waals surface area contributed by atoms with Crippen molar-refractivity contribution in [2.45, 2.75) is 0 Å². The summed E-state index contributed by atoms with van der Waals surface area (Å²) in [4.78, 5) is 23.7. The lowest BCUT2D eigenvalue weighted by atomic mass is 10.2. The van der Waals surface area contributed by atoms with Crippen LogP contribution in [0.15, 0.2) is 48.5 Å². The minimum Gasteiger partial charge on any atom is -0.497 e. The third-order valence-corrected chi connectivity index (χ3v) is 3.50. The number of nitrogens with one attached hydrogen (secondary N) is 3. The van der Waals surface area contributed by atoms with Gasteiger partial charge in [0.25, 0.3) is 5.91 Å². The fourth-order valence-corrected chi connectivity index (χ4v) is 2.11. The van der Waals surface area contributed by atoms with Crippen molar-refractivity contribution in [3.63, 3.8) is 0 Å². The number of hydrogen-bond donors (Lipinski definition) is 3. The molecule has 0 saturated carbocycles. The zero-order valence-corrected chi connectivity index (χ0v) is 13.9. The molecule has 0 aromatic heterocycles. The number of para-hydroxylation sites is 1. The van der Waals surface area contributed by atoms with E-state index in [9.17, 15) is 9.59 Å². The molecule has 0 aliphatic rings. The highest BCUT2D eigenvalue weighted by atomic mass is 35.5. The van der Waals surface area contributed by atoms with E-state index in [-0.39, 0.29) is 18.5 Å². The van der Waals surface area contributed by atoms with Gasteiger partial charge in [0.2, 0.25) is 0 Å². The molecule has 0 fully saturated rings. The van der Waals surface area contributed by atoms with Crippen LogP contribution in [-0.2, 0) is 0 Å². The Balaban J connectivity index is 1.71. The van der Waals surface area contributed by atoms with Crippen LogP contribution in [0.1, 0.15) is 10.4 Å². The van der Waals surface area contributed by atoms with Gasteiger partial charge in [-0.2, -0.15) is 0 Å². The maximum Gasteiger partial charge on any atom is 0.319 e. The largest absolute Gasteiger partial charge is 0.497 e. The molecule has 0 radical (unpaired) electrons. The number of ether oxygens (including phenoxy) is 1. The van der Waals surface area contributed by atoms with Gasteiger partial charge in [0.15, 0.2) is 0 Å². The van der Waals surface area contributed by atoms with E-state index in [0.717, 1.165) is 0 Å². The number of urea groups is 1. The van der Waals surface area contributed by atoms with Crippen LogP contribution in [0.25, 0.3) is 0 Å². The number of methoxy groups -OCH3 is 1. The van der Waals surface area contributed by atoms with E-state index in [1.54, 1.807) is 55.6 Å². The van der Waals surface area contributed by atoms with E-state index >= 15 is 0 Å². The van der Waals surface area contributed by atoms with Gasteiger partial charge in [-0.05, 0) is 36.4 Å². The maximum absolute atomic E-state index is 11.9. The smallest absolute Gasteiger partial charge is 0.319 e. The summed E-state index contributed by atoms with van der Waals surface area (Å²) in [6, 6.07) is 13.3. The van der Waals surface area contributed by atoms with Gasteiger partial charge in [-0.15, -0.1) is 0 Å². The highest BCUT2D eigenvalue weighted by Crippen LogP contribution is 2.19. The van der Waals surface area contributed by atoms with E-state index in [4.69, 9.17) is 16.3 Å². The van der Waals surface area contributed by atoms with Gasteiger partial charge in [0, 0.05) is 18.7 Å². The van der Waals surface area contributed by atoms with Crippen molar-refractivity contribution >= 4 is 29.2 Å². The van der Waals surface area contributed by atoms with Gasteiger partial charge in [-0.25, -0.2) is 4.79 Å². The fourth-order valence-electron chi connectivity index (χ4n) is 1.93. The summed E-state index contributed by atoms with van der Waals surface area (Å²) in [6.07, 6.45) is 0. The second kappa shape index (κ2) is 8.79. The summed E-state index contributed by atoms with van der Waals surface area (Å²) < 4.78 is 5.04. The first-order valence-electron chi connectivity index (χ1n) is 7.32. The van der Waals surface area contributed by atoms with Crippen molar-refractivity contribution in [2.75, 3.05) is 25.5 Å². The standard InChI is InChI=1S/C17H18ClN3O3/c1-24-13-8-6-12(7-9-13)16(22)19-10-11-20-17(23)21-15-5-3-2-4-14(15)18/h2-9H,10-11H2,1H3,(H,19,22)(H2,20,21,23). The number of carbonyl (C=O) groups is 2. The second-order valence-corrected chi connectivity index (χ2v) is 5.25. The zero-order chi connectivity index (χ0) is 17.4. The monoisotopic (exact) mass is 347 g/mol. The highest BCUT2D eigenvalue weighted by molar-refractivity contribution is 6.33. The molecular formula is C17H18ClN3O3. The van der Waals surface area contributed by atoms with Gasteiger partial charge in [-0.3, -0.25) is 4.79 Å². The van der Waals surface area contributed by atoms with Crippen LogP contribution in [0.4, 0.5) is 10.5 Å². The van der Waals surface area contributed by atoms with Gasteiger partial charge < -0.3 is 20.7 Å². The van der Waals surface area contributed by atoms with Crippen LogP contribution in [0.2, 0.25) is 5.02 Å². The summed E-state index contributed by atoms with van der Waals surface area (Å²) in [5.41, 5.74) is 1.05. The summed E-state index contributed by atoms with van der Waals surface area (Å²) in [6.45, 7) is 0.596. The molecule has 0 aliphatic heterocycles. The molecule has 0 unspecified atom stereocenters. The van der Waals surface area contributed by atoms with E-state index in [2.05, 4.69) is 16.0 Å². The Bertz CT molecular complexity index is 704. The third kappa shape index (κ3) is 5.17. The molecule has 126 valence electrons. The number of carbonyl (C=O) groups excluding carboxylic acids is 2. The van der Waals surface area contributed by atoms with Crippen molar-refractivity contribution in [2.24, 2.45) is 0 Å². The van der Waals surface area contributed by atoms with E-state index in [0.29, 0.717) is 28.6 Å². The van der Waals surface area contributed by atoms with Gasteiger partial charge in [0.1, 0.15) is 5.75 Å².